The lowest BCUT2D eigenvalue weighted by Crippen LogP contribution is -2.24. The summed E-state index contributed by atoms with van der Waals surface area (Å²) in [5, 5.41) is 4.41. The van der Waals surface area contributed by atoms with Crippen LogP contribution >= 0.6 is 7.92 Å². The fraction of sp³-hybridized carbons (Fsp3) is 0.182. The van der Waals surface area contributed by atoms with Gasteiger partial charge in [-0.3, -0.25) is 0 Å². The summed E-state index contributed by atoms with van der Waals surface area (Å²) in [4.78, 5) is 0. The molecule has 3 rings (SSSR count). The molecule has 0 aliphatic carbocycles. The van der Waals surface area contributed by atoms with Crippen molar-refractivity contribution in [3.63, 3.8) is 0 Å². The molecule has 0 bridgehead atoms. The van der Waals surface area contributed by atoms with Crippen molar-refractivity contribution in [3.05, 3.63) is 90.0 Å². The first-order valence-electron chi connectivity index (χ1n) is 8.30. The second kappa shape index (κ2) is 7.57. The van der Waals surface area contributed by atoms with E-state index < -0.39 is 7.92 Å². The largest absolute Gasteiger partial charge is 0.0651 e. The van der Waals surface area contributed by atoms with E-state index in [2.05, 4.69) is 92.7 Å². The third-order valence-corrected chi connectivity index (χ3v) is 6.84. The highest BCUT2D eigenvalue weighted by Gasteiger charge is 2.20. The molecule has 0 spiro atoms. The molecule has 0 saturated heterocycles. The van der Waals surface area contributed by atoms with Crippen molar-refractivity contribution >= 4 is 23.8 Å². The van der Waals surface area contributed by atoms with Gasteiger partial charge in [-0.1, -0.05) is 92.2 Å². The molecule has 0 N–H and O–H groups in total. The van der Waals surface area contributed by atoms with Crippen molar-refractivity contribution < 1.29 is 0 Å². The van der Waals surface area contributed by atoms with Gasteiger partial charge in [0.15, 0.2) is 0 Å². The number of aryl methyl sites for hydroxylation is 2. The van der Waals surface area contributed by atoms with Crippen molar-refractivity contribution in [1.82, 2.24) is 0 Å². The van der Waals surface area contributed by atoms with Gasteiger partial charge in [0.25, 0.3) is 0 Å². The molecular formula is C22H23P. The average Bonchev–Trinajstić information content (AvgIpc) is 2.59. The van der Waals surface area contributed by atoms with Gasteiger partial charge in [-0.2, -0.15) is 0 Å². The lowest BCUT2D eigenvalue weighted by atomic mass is 10.1. The molecule has 116 valence electrons. The van der Waals surface area contributed by atoms with Crippen LogP contribution in [0.3, 0.4) is 0 Å². The molecule has 3 aromatic carbocycles. The van der Waals surface area contributed by atoms with E-state index >= 15 is 0 Å². The quantitative estimate of drug-likeness (QED) is 0.598. The molecule has 0 saturated carbocycles. The van der Waals surface area contributed by atoms with E-state index in [0.717, 1.165) is 6.42 Å². The minimum atomic E-state index is -0.499. The van der Waals surface area contributed by atoms with Crippen molar-refractivity contribution in [2.24, 2.45) is 0 Å². The molecule has 0 radical (unpaired) electrons. The van der Waals surface area contributed by atoms with Crippen molar-refractivity contribution in [2.75, 3.05) is 0 Å². The van der Waals surface area contributed by atoms with Gasteiger partial charge < -0.3 is 0 Å². The Hall–Kier alpha value is -1.91. The van der Waals surface area contributed by atoms with Crippen LogP contribution in [-0.4, -0.2) is 0 Å². The molecule has 23 heavy (non-hydrogen) atoms. The van der Waals surface area contributed by atoms with Crippen LogP contribution in [-0.2, 0) is 6.42 Å². The minimum absolute atomic E-state index is 0.499. The number of benzene rings is 3. The second-order valence-electron chi connectivity index (χ2n) is 5.84. The molecule has 0 amide bonds. The Morgan fingerprint density at radius 3 is 2.00 bits per heavy atom. The second-order valence-corrected chi connectivity index (χ2v) is 7.99. The van der Waals surface area contributed by atoms with Crippen molar-refractivity contribution in [3.8, 4) is 0 Å². The maximum absolute atomic E-state index is 2.33. The molecule has 0 fully saturated rings. The molecule has 1 unspecified atom stereocenters. The van der Waals surface area contributed by atoms with Crippen LogP contribution in [0.25, 0.3) is 0 Å². The van der Waals surface area contributed by atoms with Crippen LogP contribution < -0.4 is 15.9 Å². The highest BCUT2D eigenvalue weighted by Crippen LogP contribution is 2.35. The van der Waals surface area contributed by atoms with Gasteiger partial charge in [0, 0.05) is 0 Å². The Labute approximate surface area is 141 Å². The molecule has 0 aliphatic heterocycles. The van der Waals surface area contributed by atoms with Crippen LogP contribution in [0.4, 0.5) is 0 Å². The SMILES string of the molecule is CCCc1ccccc1P(c1ccccc1)c1ccccc1C. The summed E-state index contributed by atoms with van der Waals surface area (Å²) < 4.78 is 0. The smallest absolute Gasteiger partial charge is 0.0119 e. The Morgan fingerprint density at radius 2 is 1.30 bits per heavy atom. The molecule has 3 aromatic rings. The van der Waals surface area contributed by atoms with Gasteiger partial charge in [-0.15, -0.1) is 0 Å². The summed E-state index contributed by atoms with van der Waals surface area (Å²) in [6.45, 7) is 4.49. The zero-order valence-corrected chi connectivity index (χ0v) is 14.8. The maximum Gasteiger partial charge on any atom is -0.0119 e. The van der Waals surface area contributed by atoms with E-state index in [1.807, 2.05) is 0 Å². The highest BCUT2D eigenvalue weighted by atomic mass is 31.1. The third-order valence-electron chi connectivity index (χ3n) is 4.12. The molecular weight excluding hydrogens is 295 g/mol. The topological polar surface area (TPSA) is 0 Å². The first-order chi connectivity index (χ1) is 11.3. The standard InChI is InChI=1S/C22H23P/c1-3-11-19-13-8-10-17-22(19)23(20-14-5-4-6-15-20)21-16-9-7-12-18(21)2/h4-10,12-17H,3,11H2,1-2H3. The van der Waals surface area contributed by atoms with Gasteiger partial charge in [-0.05, 0) is 48.3 Å². The molecule has 1 atom stereocenters. The van der Waals surface area contributed by atoms with E-state index in [0.29, 0.717) is 0 Å². The van der Waals surface area contributed by atoms with Gasteiger partial charge in [-0.25, -0.2) is 0 Å². The van der Waals surface area contributed by atoms with Gasteiger partial charge in [0.2, 0.25) is 0 Å². The van der Waals surface area contributed by atoms with Crippen LogP contribution in [0, 0.1) is 6.92 Å². The van der Waals surface area contributed by atoms with Crippen LogP contribution in [0.15, 0.2) is 78.9 Å². The van der Waals surface area contributed by atoms with E-state index in [4.69, 9.17) is 0 Å². The van der Waals surface area contributed by atoms with Crippen molar-refractivity contribution in [2.45, 2.75) is 26.7 Å². The maximum atomic E-state index is 2.33. The summed E-state index contributed by atoms with van der Waals surface area (Å²) in [5.41, 5.74) is 2.88. The number of hydrogen-bond acceptors (Lipinski definition) is 0. The summed E-state index contributed by atoms with van der Waals surface area (Å²) >= 11 is 0. The van der Waals surface area contributed by atoms with Crippen molar-refractivity contribution in [1.29, 1.82) is 0 Å². The summed E-state index contributed by atoms with van der Waals surface area (Å²) in [5.74, 6) is 0. The minimum Gasteiger partial charge on any atom is -0.0651 e. The molecule has 0 nitrogen and oxygen atoms in total. The first-order valence-corrected chi connectivity index (χ1v) is 9.64. The number of rotatable bonds is 5. The zero-order chi connectivity index (χ0) is 16.1. The predicted molar refractivity (Wildman–Crippen MR) is 104 cm³/mol. The molecule has 0 heterocycles. The van der Waals surface area contributed by atoms with Crippen LogP contribution in [0.1, 0.15) is 24.5 Å². The Balaban J connectivity index is 2.20. The zero-order valence-electron chi connectivity index (χ0n) is 13.9. The van der Waals surface area contributed by atoms with E-state index in [1.54, 1.807) is 0 Å². The highest BCUT2D eigenvalue weighted by molar-refractivity contribution is 7.80. The molecule has 0 aromatic heterocycles. The normalized spacial score (nSPS) is 12.1. The number of hydrogen-bond donors (Lipinski definition) is 0. The summed E-state index contributed by atoms with van der Waals surface area (Å²) in [7, 11) is -0.499. The van der Waals surface area contributed by atoms with Gasteiger partial charge >= 0.3 is 0 Å². The third kappa shape index (κ3) is 3.54. The average molecular weight is 318 g/mol. The molecule has 0 aliphatic rings. The fourth-order valence-corrected chi connectivity index (χ4v) is 5.67. The van der Waals surface area contributed by atoms with Crippen LogP contribution in [0.2, 0.25) is 0 Å². The molecule has 1 heteroatoms. The lowest BCUT2D eigenvalue weighted by Gasteiger charge is -2.23. The predicted octanol–water partition coefficient (Wildman–Crippen LogP) is 4.71. The summed E-state index contributed by atoms with van der Waals surface area (Å²) in [6, 6.07) is 28.8. The Morgan fingerprint density at radius 1 is 0.696 bits per heavy atom. The Bertz CT molecular complexity index is 762. The van der Waals surface area contributed by atoms with Gasteiger partial charge in [0.1, 0.15) is 0 Å². The first kappa shape index (κ1) is 16.0. The lowest BCUT2D eigenvalue weighted by molar-refractivity contribution is 0.927. The van der Waals surface area contributed by atoms with Gasteiger partial charge in [0.05, 0.1) is 0 Å². The fourth-order valence-electron chi connectivity index (χ4n) is 3.01. The monoisotopic (exact) mass is 318 g/mol. The Kier molecular flexibility index (Phi) is 5.26. The van der Waals surface area contributed by atoms with E-state index in [-0.39, 0.29) is 0 Å². The van der Waals surface area contributed by atoms with E-state index in [9.17, 15) is 0 Å². The van der Waals surface area contributed by atoms with Crippen LogP contribution in [0.5, 0.6) is 0 Å². The van der Waals surface area contributed by atoms with E-state index in [1.165, 1.54) is 33.5 Å². The summed E-state index contributed by atoms with van der Waals surface area (Å²) in [6.07, 6.45) is 2.33.